The van der Waals surface area contributed by atoms with Gasteiger partial charge >= 0.3 is 0 Å². The summed E-state index contributed by atoms with van der Waals surface area (Å²) >= 11 is 1.16. The SMILES string of the molecule is N#Cc1ccc(N2CCC(NS(=O)(=O)c3cccs3)CC2)c([N+](=O)[O-])c1. The fraction of sp³-hybridized carbons (Fsp3) is 0.312. The fourth-order valence-corrected chi connectivity index (χ4v) is 5.25. The molecule has 0 amide bonds. The Morgan fingerprint density at radius 2 is 2.04 bits per heavy atom. The van der Waals surface area contributed by atoms with Crippen molar-refractivity contribution in [2.75, 3.05) is 18.0 Å². The molecule has 136 valence electrons. The molecular weight excluding hydrogens is 376 g/mol. The van der Waals surface area contributed by atoms with Gasteiger partial charge in [0.15, 0.2) is 0 Å². The summed E-state index contributed by atoms with van der Waals surface area (Å²) in [6, 6.07) is 9.32. The summed E-state index contributed by atoms with van der Waals surface area (Å²) in [6.45, 7) is 0.981. The third-order valence-electron chi connectivity index (χ3n) is 4.22. The van der Waals surface area contributed by atoms with E-state index in [9.17, 15) is 18.5 Å². The lowest BCUT2D eigenvalue weighted by Crippen LogP contribution is -2.44. The zero-order chi connectivity index (χ0) is 18.7. The Labute approximate surface area is 154 Å². The number of hydrogen-bond donors (Lipinski definition) is 1. The number of nitrogens with one attached hydrogen (secondary N) is 1. The van der Waals surface area contributed by atoms with Gasteiger partial charge in [0.2, 0.25) is 10.0 Å². The maximum Gasteiger partial charge on any atom is 0.293 e. The fourth-order valence-electron chi connectivity index (χ4n) is 2.94. The molecule has 2 heterocycles. The average Bonchev–Trinajstić information content (AvgIpc) is 3.17. The van der Waals surface area contributed by atoms with Crippen LogP contribution < -0.4 is 9.62 Å². The minimum atomic E-state index is -3.52. The van der Waals surface area contributed by atoms with Crippen molar-refractivity contribution in [1.29, 1.82) is 5.26 Å². The number of sulfonamides is 1. The van der Waals surface area contributed by atoms with E-state index >= 15 is 0 Å². The zero-order valence-electron chi connectivity index (χ0n) is 13.7. The van der Waals surface area contributed by atoms with Crippen LogP contribution in [-0.4, -0.2) is 32.5 Å². The van der Waals surface area contributed by atoms with Gasteiger partial charge in [-0.05, 0) is 36.4 Å². The molecule has 1 aromatic carbocycles. The van der Waals surface area contributed by atoms with Crippen LogP contribution in [0, 0.1) is 21.4 Å². The maximum atomic E-state index is 12.3. The lowest BCUT2D eigenvalue weighted by Gasteiger charge is -2.33. The molecule has 0 aliphatic carbocycles. The Balaban J connectivity index is 1.70. The van der Waals surface area contributed by atoms with Gasteiger partial charge in [0.25, 0.3) is 5.69 Å². The number of benzene rings is 1. The second kappa shape index (κ2) is 7.41. The first-order chi connectivity index (χ1) is 12.4. The van der Waals surface area contributed by atoms with E-state index in [-0.39, 0.29) is 21.5 Å². The van der Waals surface area contributed by atoms with Crippen LogP contribution in [0.2, 0.25) is 0 Å². The molecule has 0 radical (unpaired) electrons. The molecule has 0 unspecified atom stereocenters. The molecule has 10 heteroatoms. The van der Waals surface area contributed by atoms with Crippen molar-refractivity contribution >= 4 is 32.7 Å². The van der Waals surface area contributed by atoms with E-state index in [1.807, 2.05) is 11.0 Å². The Morgan fingerprint density at radius 1 is 1.31 bits per heavy atom. The van der Waals surface area contributed by atoms with Crippen molar-refractivity contribution in [2.24, 2.45) is 0 Å². The number of rotatable bonds is 5. The predicted molar refractivity (Wildman–Crippen MR) is 97.7 cm³/mol. The first kappa shape index (κ1) is 18.3. The smallest absolute Gasteiger partial charge is 0.293 e. The first-order valence-corrected chi connectivity index (χ1v) is 10.3. The Bertz CT molecular complexity index is 943. The molecule has 0 bridgehead atoms. The summed E-state index contributed by atoms with van der Waals surface area (Å²) in [4.78, 5) is 12.7. The molecule has 8 nitrogen and oxygen atoms in total. The molecule has 3 rings (SSSR count). The van der Waals surface area contributed by atoms with Crippen molar-refractivity contribution < 1.29 is 13.3 Å². The van der Waals surface area contributed by atoms with Gasteiger partial charge in [-0.2, -0.15) is 5.26 Å². The lowest BCUT2D eigenvalue weighted by molar-refractivity contribution is -0.384. The van der Waals surface area contributed by atoms with Gasteiger partial charge in [-0.25, -0.2) is 13.1 Å². The van der Waals surface area contributed by atoms with E-state index in [1.54, 1.807) is 29.6 Å². The number of thiophene rings is 1. The van der Waals surface area contributed by atoms with Gasteiger partial charge in [0, 0.05) is 25.2 Å². The van der Waals surface area contributed by atoms with Crippen LogP contribution in [-0.2, 0) is 10.0 Å². The van der Waals surface area contributed by atoms with E-state index in [1.165, 1.54) is 6.07 Å². The number of hydrogen-bond acceptors (Lipinski definition) is 7. The van der Waals surface area contributed by atoms with Gasteiger partial charge in [0.05, 0.1) is 16.6 Å². The lowest BCUT2D eigenvalue weighted by atomic mass is 10.0. The molecule has 1 aliphatic rings. The Hall–Kier alpha value is -2.48. The van der Waals surface area contributed by atoms with Gasteiger partial charge in [0.1, 0.15) is 9.90 Å². The molecule has 1 aliphatic heterocycles. The molecule has 0 spiro atoms. The number of nitro groups is 1. The van der Waals surface area contributed by atoms with E-state index < -0.39 is 14.9 Å². The first-order valence-electron chi connectivity index (χ1n) is 7.90. The van der Waals surface area contributed by atoms with E-state index in [4.69, 9.17) is 5.26 Å². The number of piperidine rings is 1. The van der Waals surface area contributed by atoms with Gasteiger partial charge < -0.3 is 4.90 Å². The predicted octanol–water partition coefficient (Wildman–Crippen LogP) is 2.48. The molecule has 1 N–H and O–H groups in total. The quantitative estimate of drug-likeness (QED) is 0.617. The third-order valence-corrected chi connectivity index (χ3v) is 7.14. The van der Waals surface area contributed by atoms with E-state index in [0.29, 0.717) is 31.6 Å². The van der Waals surface area contributed by atoms with Crippen LogP contribution in [0.1, 0.15) is 18.4 Å². The summed E-state index contributed by atoms with van der Waals surface area (Å²) in [5.41, 5.74) is 0.578. The van der Waals surface area contributed by atoms with Crippen molar-refractivity contribution in [3.8, 4) is 6.07 Å². The summed E-state index contributed by atoms with van der Waals surface area (Å²) in [5, 5.41) is 21.9. The summed E-state index contributed by atoms with van der Waals surface area (Å²) in [7, 11) is -3.52. The molecule has 1 aromatic heterocycles. The monoisotopic (exact) mass is 392 g/mol. The van der Waals surface area contributed by atoms with Gasteiger partial charge in [-0.1, -0.05) is 6.07 Å². The Morgan fingerprint density at radius 3 is 2.62 bits per heavy atom. The summed E-state index contributed by atoms with van der Waals surface area (Å²) in [6.07, 6.45) is 1.09. The van der Waals surface area contributed by atoms with Crippen molar-refractivity contribution in [2.45, 2.75) is 23.1 Å². The minimum Gasteiger partial charge on any atom is -0.366 e. The van der Waals surface area contributed by atoms with Gasteiger partial charge in [-0.15, -0.1) is 11.3 Å². The van der Waals surface area contributed by atoms with Crippen LogP contribution in [0.25, 0.3) is 0 Å². The highest BCUT2D eigenvalue weighted by Gasteiger charge is 2.28. The number of nitro benzene ring substituents is 1. The molecule has 1 fully saturated rings. The zero-order valence-corrected chi connectivity index (χ0v) is 15.3. The third kappa shape index (κ3) is 3.85. The van der Waals surface area contributed by atoms with Crippen LogP contribution >= 0.6 is 11.3 Å². The van der Waals surface area contributed by atoms with Crippen LogP contribution in [0.4, 0.5) is 11.4 Å². The molecule has 26 heavy (non-hydrogen) atoms. The topological polar surface area (TPSA) is 116 Å². The van der Waals surface area contributed by atoms with Crippen molar-refractivity contribution in [3.05, 3.63) is 51.4 Å². The average molecular weight is 392 g/mol. The standard InChI is InChI=1S/C16H16N4O4S2/c17-11-12-3-4-14(15(10-12)20(21)22)19-7-5-13(6-8-19)18-26(23,24)16-2-1-9-25-16/h1-4,9-10,13,18H,5-8H2. The maximum absolute atomic E-state index is 12.3. The van der Waals surface area contributed by atoms with Crippen molar-refractivity contribution in [3.63, 3.8) is 0 Å². The summed E-state index contributed by atoms with van der Waals surface area (Å²) < 4.78 is 27.6. The van der Waals surface area contributed by atoms with Crippen LogP contribution in [0.15, 0.2) is 39.9 Å². The highest BCUT2D eigenvalue weighted by atomic mass is 32.2. The summed E-state index contributed by atoms with van der Waals surface area (Å²) in [5.74, 6) is 0. The Kier molecular flexibility index (Phi) is 5.22. The highest BCUT2D eigenvalue weighted by molar-refractivity contribution is 7.91. The molecule has 1 saturated heterocycles. The molecule has 0 atom stereocenters. The van der Waals surface area contributed by atoms with E-state index in [0.717, 1.165) is 11.3 Å². The normalized spacial score (nSPS) is 15.6. The van der Waals surface area contributed by atoms with Crippen LogP contribution in [0.3, 0.4) is 0 Å². The van der Waals surface area contributed by atoms with E-state index in [2.05, 4.69) is 4.72 Å². The highest BCUT2D eigenvalue weighted by Crippen LogP contribution is 2.31. The second-order valence-electron chi connectivity index (χ2n) is 5.89. The number of anilines is 1. The largest absolute Gasteiger partial charge is 0.366 e. The molecule has 0 saturated carbocycles. The van der Waals surface area contributed by atoms with Gasteiger partial charge in [-0.3, -0.25) is 10.1 Å². The number of nitriles is 1. The van der Waals surface area contributed by atoms with Crippen molar-refractivity contribution in [1.82, 2.24) is 4.72 Å². The number of nitrogens with zero attached hydrogens (tertiary/aromatic N) is 3. The molecular formula is C16H16N4O4S2. The van der Waals surface area contributed by atoms with Crippen LogP contribution in [0.5, 0.6) is 0 Å². The second-order valence-corrected chi connectivity index (χ2v) is 8.78. The molecule has 2 aromatic rings. The minimum absolute atomic E-state index is 0.110.